The minimum absolute atomic E-state index is 0.0429. The van der Waals surface area contributed by atoms with Crippen molar-refractivity contribution in [3.8, 4) is 0 Å². The lowest BCUT2D eigenvalue weighted by Gasteiger charge is -2.15. The Kier molecular flexibility index (Phi) is 6.08. The molecule has 3 heteroatoms. The van der Waals surface area contributed by atoms with Crippen LogP contribution in [-0.2, 0) is 4.79 Å². The quantitative estimate of drug-likeness (QED) is 0.739. The first-order valence-electron chi connectivity index (χ1n) is 7.68. The third kappa shape index (κ3) is 4.63. The van der Waals surface area contributed by atoms with Gasteiger partial charge in [0.25, 0.3) is 0 Å². The summed E-state index contributed by atoms with van der Waals surface area (Å²) in [7, 11) is 0. The Morgan fingerprint density at radius 3 is 2.50 bits per heavy atom. The predicted molar refractivity (Wildman–Crippen MR) is 95.7 cm³/mol. The molecule has 1 atom stereocenters. The summed E-state index contributed by atoms with van der Waals surface area (Å²) in [4.78, 5) is 13.3. The number of thioether (sulfide) groups is 1. The Balaban J connectivity index is 1.96. The van der Waals surface area contributed by atoms with E-state index in [9.17, 15) is 4.79 Å². The van der Waals surface area contributed by atoms with E-state index in [-0.39, 0.29) is 5.91 Å². The number of nitrogens with one attached hydrogen (secondary N) is 1. The second-order valence-corrected chi connectivity index (χ2v) is 6.60. The van der Waals surface area contributed by atoms with E-state index in [0.29, 0.717) is 11.7 Å². The van der Waals surface area contributed by atoms with Gasteiger partial charge in [0, 0.05) is 10.6 Å². The summed E-state index contributed by atoms with van der Waals surface area (Å²) in [5.41, 5.74) is 3.38. The Hall–Kier alpha value is -1.74. The molecular formula is C19H23NOS. The summed E-state index contributed by atoms with van der Waals surface area (Å²) in [5, 5.41) is 3.05. The van der Waals surface area contributed by atoms with Crippen molar-refractivity contribution in [1.29, 1.82) is 0 Å². The number of aryl methyl sites for hydroxylation is 1. The second kappa shape index (κ2) is 8.04. The molecule has 0 aliphatic heterocycles. The third-order valence-electron chi connectivity index (χ3n) is 3.77. The van der Waals surface area contributed by atoms with Gasteiger partial charge in [0.1, 0.15) is 0 Å². The molecule has 1 unspecified atom stereocenters. The minimum atomic E-state index is 0.0429. The Morgan fingerprint density at radius 1 is 1.14 bits per heavy atom. The molecule has 0 spiro atoms. The first-order chi connectivity index (χ1) is 10.6. The molecule has 0 heterocycles. The molecule has 2 rings (SSSR count). The highest BCUT2D eigenvalue weighted by Crippen LogP contribution is 2.27. The number of rotatable bonds is 6. The highest BCUT2D eigenvalue weighted by molar-refractivity contribution is 8.00. The van der Waals surface area contributed by atoms with Crippen molar-refractivity contribution in [3.05, 3.63) is 59.7 Å². The molecule has 0 fully saturated rings. The Morgan fingerprint density at radius 2 is 1.82 bits per heavy atom. The van der Waals surface area contributed by atoms with Crippen LogP contribution in [0, 0.1) is 6.92 Å². The maximum atomic E-state index is 12.2. The molecule has 1 amide bonds. The van der Waals surface area contributed by atoms with Crippen molar-refractivity contribution in [1.82, 2.24) is 0 Å². The van der Waals surface area contributed by atoms with Gasteiger partial charge < -0.3 is 5.32 Å². The van der Waals surface area contributed by atoms with Crippen LogP contribution in [-0.4, -0.2) is 11.7 Å². The maximum Gasteiger partial charge on any atom is 0.234 e. The molecule has 2 aromatic rings. The van der Waals surface area contributed by atoms with Crippen LogP contribution >= 0.6 is 11.8 Å². The van der Waals surface area contributed by atoms with Gasteiger partial charge in [-0.05, 0) is 43.0 Å². The third-order valence-corrected chi connectivity index (χ3v) is 4.78. The molecular weight excluding hydrogens is 290 g/mol. The standard InChI is InChI=1S/C19H23NOS/c1-4-15(3)17-7-5-6-8-18(17)20-19(21)13-22-16-11-9-14(2)10-12-16/h5-12,15H,4,13H2,1-3H3,(H,20,21). The summed E-state index contributed by atoms with van der Waals surface area (Å²) < 4.78 is 0. The fourth-order valence-electron chi connectivity index (χ4n) is 2.23. The lowest BCUT2D eigenvalue weighted by Crippen LogP contribution is -2.15. The lowest BCUT2D eigenvalue weighted by atomic mass is 9.97. The smallest absolute Gasteiger partial charge is 0.234 e. The van der Waals surface area contributed by atoms with Crippen molar-refractivity contribution in [2.75, 3.05) is 11.1 Å². The van der Waals surface area contributed by atoms with Crippen LogP contribution in [0.15, 0.2) is 53.4 Å². The number of hydrogen-bond acceptors (Lipinski definition) is 2. The molecule has 0 aliphatic carbocycles. The van der Waals surface area contributed by atoms with Gasteiger partial charge in [-0.1, -0.05) is 49.7 Å². The topological polar surface area (TPSA) is 29.1 Å². The Bertz CT molecular complexity index is 622. The summed E-state index contributed by atoms with van der Waals surface area (Å²) in [6.45, 7) is 6.41. The highest BCUT2D eigenvalue weighted by atomic mass is 32.2. The van der Waals surface area contributed by atoms with E-state index >= 15 is 0 Å². The predicted octanol–water partition coefficient (Wildman–Crippen LogP) is 5.24. The molecule has 2 aromatic carbocycles. The van der Waals surface area contributed by atoms with Crippen LogP contribution in [0.4, 0.5) is 5.69 Å². The monoisotopic (exact) mass is 313 g/mol. The molecule has 116 valence electrons. The number of benzene rings is 2. The van der Waals surface area contributed by atoms with Gasteiger partial charge >= 0.3 is 0 Å². The van der Waals surface area contributed by atoms with Crippen molar-refractivity contribution >= 4 is 23.4 Å². The number of anilines is 1. The zero-order valence-corrected chi connectivity index (χ0v) is 14.2. The molecule has 1 N–H and O–H groups in total. The Labute approximate surface area is 137 Å². The fraction of sp³-hybridized carbons (Fsp3) is 0.316. The fourth-order valence-corrected chi connectivity index (χ4v) is 2.93. The van der Waals surface area contributed by atoms with Crippen molar-refractivity contribution in [2.45, 2.75) is 38.0 Å². The van der Waals surface area contributed by atoms with Crippen LogP contribution < -0.4 is 5.32 Å². The van der Waals surface area contributed by atoms with Crippen molar-refractivity contribution in [3.63, 3.8) is 0 Å². The van der Waals surface area contributed by atoms with E-state index in [4.69, 9.17) is 0 Å². The van der Waals surface area contributed by atoms with Crippen molar-refractivity contribution < 1.29 is 4.79 Å². The van der Waals surface area contributed by atoms with Crippen LogP contribution in [0.5, 0.6) is 0 Å². The van der Waals surface area contributed by atoms with E-state index < -0.39 is 0 Å². The summed E-state index contributed by atoms with van der Waals surface area (Å²) in [6.07, 6.45) is 1.06. The normalized spacial score (nSPS) is 12.0. The van der Waals surface area contributed by atoms with Crippen LogP contribution in [0.25, 0.3) is 0 Å². The molecule has 0 aromatic heterocycles. The van der Waals surface area contributed by atoms with Gasteiger partial charge in [-0.15, -0.1) is 11.8 Å². The molecule has 0 saturated carbocycles. The number of amides is 1. The SMILES string of the molecule is CCC(C)c1ccccc1NC(=O)CSc1ccc(C)cc1. The molecule has 0 radical (unpaired) electrons. The van der Waals surface area contributed by atoms with E-state index in [1.807, 2.05) is 18.2 Å². The van der Waals surface area contributed by atoms with Crippen LogP contribution in [0.3, 0.4) is 0 Å². The van der Waals surface area contributed by atoms with Gasteiger partial charge in [-0.25, -0.2) is 0 Å². The number of para-hydroxylation sites is 1. The zero-order chi connectivity index (χ0) is 15.9. The van der Waals surface area contributed by atoms with Gasteiger partial charge in [0.05, 0.1) is 5.75 Å². The molecule has 2 nitrogen and oxygen atoms in total. The molecule has 0 saturated heterocycles. The van der Waals surface area contributed by atoms with E-state index in [0.717, 1.165) is 17.0 Å². The highest BCUT2D eigenvalue weighted by Gasteiger charge is 2.11. The average Bonchev–Trinajstić information content (AvgIpc) is 2.54. The molecule has 22 heavy (non-hydrogen) atoms. The largest absolute Gasteiger partial charge is 0.325 e. The van der Waals surface area contributed by atoms with Gasteiger partial charge in [0.15, 0.2) is 0 Å². The van der Waals surface area contributed by atoms with E-state index in [1.54, 1.807) is 11.8 Å². The summed E-state index contributed by atoms with van der Waals surface area (Å²) in [6, 6.07) is 16.3. The first kappa shape index (κ1) is 16.6. The minimum Gasteiger partial charge on any atom is -0.325 e. The van der Waals surface area contributed by atoms with Crippen LogP contribution in [0.2, 0.25) is 0 Å². The van der Waals surface area contributed by atoms with E-state index in [2.05, 4.69) is 56.4 Å². The maximum absolute atomic E-state index is 12.2. The van der Waals surface area contributed by atoms with Gasteiger partial charge in [0.2, 0.25) is 5.91 Å². The van der Waals surface area contributed by atoms with Crippen molar-refractivity contribution in [2.24, 2.45) is 0 Å². The van der Waals surface area contributed by atoms with Crippen LogP contribution in [0.1, 0.15) is 37.3 Å². The zero-order valence-electron chi connectivity index (χ0n) is 13.4. The molecule has 0 bridgehead atoms. The first-order valence-corrected chi connectivity index (χ1v) is 8.67. The number of hydrogen-bond donors (Lipinski definition) is 1. The summed E-state index contributed by atoms with van der Waals surface area (Å²) in [5.74, 6) is 0.917. The van der Waals surface area contributed by atoms with Gasteiger partial charge in [-0.2, -0.15) is 0 Å². The molecule has 0 aliphatic rings. The summed E-state index contributed by atoms with van der Waals surface area (Å²) >= 11 is 1.56. The number of carbonyl (C=O) groups excluding carboxylic acids is 1. The van der Waals surface area contributed by atoms with Gasteiger partial charge in [-0.3, -0.25) is 4.79 Å². The number of carbonyl (C=O) groups is 1. The second-order valence-electron chi connectivity index (χ2n) is 5.55. The lowest BCUT2D eigenvalue weighted by molar-refractivity contribution is -0.113. The average molecular weight is 313 g/mol. The van der Waals surface area contributed by atoms with E-state index in [1.165, 1.54) is 11.1 Å².